The molecule has 7 nitrogen and oxygen atoms in total. The fraction of sp³-hybridized carbons (Fsp3) is 0.316. The zero-order chi connectivity index (χ0) is 18.7. The number of hydrogen-bond acceptors (Lipinski definition) is 4. The van der Waals surface area contributed by atoms with Crippen LogP contribution in [0.25, 0.3) is 0 Å². The molecule has 3 amide bonds. The third kappa shape index (κ3) is 4.11. The SMILES string of the molecule is COc1ccc(NC(=O)N[C@H](c2cccc(C)n2)C2CC2)cc1C(N)=O. The monoisotopic (exact) mass is 354 g/mol. The molecule has 2 aromatic rings. The third-order valence-corrected chi connectivity index (χ3v) is 4.33. The summed E-state index contributed by atoms with van der Waals surface area (Å²) in [7, 11) is 1.46. The Hall–Kier alpha value is -3.09. The number of nitrogens with one attached hydrogen (secondary N) is 2. The van der Waals surface area contributed by atoms with Crippen molar-refractivity contribution in [2.24, 2.45) is 11.7 Å². The molecule has 0 spiro atoms. The fourth-order valence-corrected chi connectivity index (χ4v) is 2.89. The molecule has 0 saturated heterocycles. The second-order valence-corrected chi connectivity index (χ2v) is 6.40. The van der Waals surface area contributed by atoms with Gasteiger partial charge in [0.05, 0.1) is 24.4 Å². The van der Waals surface area contributed by atoms with E-state index in [-0.39, 0.29) is 17.6 Å². The first-order valence-electron chi connectivity index (χ1n) is 8.47. The fourth-order valence-electron chi connectivity index (χ4n) is 2.89. The molecule has 1 aliphatic rings. The Kier molecular flexibility index (Phi) is 5.06. The summed E-state index contributed by atoms with van der Waals surface area (Å²) < 4.78 is 5.10. The number of primary amides is 1. The molecule has 4 N–H and O–H groups in total. The number of urea groups is 1. The minimum absolute atomic E-state index is 0.135. The average Bonchev–Trinajstić information content (AvgIpc) is 3.44. The summed E-state index contributed by atoms with van der Waals surface area (Å²) in [6.07, 6.45) is 2.13. The lowest BCUT2D eigenvalue weighted by Crippen LogP contribution is -2.34. The lowest BCUT2D eigenvalue weighted by molar-refractivity contribution is 0.0997. The third-order valence-electron chi connectivity index (χ3n) is 4.33. The van der Waals surface area contributed by atoms with Crippen LogP contribution in [-0.4, -0.2) is 24.0 Å². The van der Waals surface area contributed by atoms with Gasteiger partial charge in [-0.2, -0.15) is 0 Å². The van der Waals surface area contributed by atoms with E-state index in [1.165, 1.54) is 13.2 Å². The average molecular weight is 354 g/mol. The van der Waals surface area contributed by atoms with E-state index >= 15 is 0 Å². The molecule has 1 fully saturated rings. The van der Waals surface area contributed by atoms with E-state index in [4.69, 9.17) is 10.5 Å². The maximum absolute atomic E-state index is 12.5. The van der Waals surface area contributed by atoms with Crippen LogP contribution in [0.2, 0.25) is 0 Å². The number of anilines is 1. The number of aromatic nitrogens is 1. The van der Waals surface area contributed by atoms with Gasteiger partial charge in [-0.05, 0) is 56.0 Å². The van der Waals surface area contributed by atoms with Gasteiger partial charge >= 0.3 is 6.03 Å². The van der Waals surface area contributed by atoms with Crippen LogP contribution >= 0.6 is 0 Å². The molecule has 26 heavy (non-hydrogen) atoms. The van der Waals surface area contributed by atoms with Crippen molar-refractivity contribution in [1.82, 2.24) is 10.3 Å². The number of benzene rings is 1. The maximum Gasteiger partial charge on any atom is 0.319 e. The van der Waals surface area contributed by atoms with E-state index in [9.17, 15) is 9.59 Å². The summed E-state index contributed by atoms with van der Waals surface area (Å²) in [5.41, 5.74) is 7.80. The highest BCUT2D eigenvalue weighted by molar-refractivity contribution is 5.98. The van der Waals surface area contributed by atoms with Crippen LogP contribution in [0.4, 0.5) is 10.5 Å². The molecule has 1 heterocycles. The number of ether oxygens (including phenoxy) is 1. The van der Waals surface area contributed by atoms with Crippen LogP contribution < -0.4 is 21.1 Å². The first-order valence-corrected chi connectivity index (χ1v) is 8.47. The van der Waals surface area contributed by atoms with E-state index in [1.807, 2.05) is 25.1 Å². The Labute approximate surface area is 151 Å². The smallest absolute Gasteiger partial charge is 0.319 e. The Morgan fingerprint density at radius 3 is 2.65 bits per heavy atom. The number of hydrogen-bond donors (Lipinski definition) is 3. The van der Waals surface area contributed by atoms with E-state index in [0.29, 0.717) is 17.4 Å². The van der Waals surface area contributed by atoms with Gasteiger partial charge in [0.2, 0.25) is 0 Å². The highest BCUT2D eigenvalue weighted by Gasteiger charge is 2.34. The van der Waals surface area contributed by atoms with Crippen molar-refractivity contribution in [3.8, 4) is 5.75 Å². The largest absolute Gasteiger partial charge is 0.496 e. The van der Waals surface area contributed by atoms with Crippen LogP contribution in [0.1, 0.15) is 40.6 Å². The van der Waals surface area contributed by atoms with Gasteiger partial charge in [-0.1, -0.05) is 6.07 Å². The van der Waals surface area contributed by atoms with E-state index in [0.717, 1.165) is 24.2 Å². The van der Waals surface area contributed by atoms with Crippen molar-refractivity contribution >= 4 is 17.6 Å². The van der Waals surface area contributed by atoms with E-state index < -0.39 is 5.91 Å². The first kappa shape index (κ1) is 17.7. The van der Waals surface area contributed by atoms with Gasteiger partial charge in [0, 0.05) is 11.4 Å². The van der Waals surface area contributed by atoms with Crippen molar-refractivity contribution in [1.29, 1.82) is 0 Å². The number of rotatable bonds is 6. The predicted molar refractivity (Wildman–Crippen MR) is 98.1 cm³/mol. The molecule has 1 aromatic carbocycles. The summed E-state index contributed by atoms with van der Waals surface area (Å²) in [4.78, 5) is 28.5. The summed E-state index contributed by atoms with van der Waals surface area (Å²) in [6, 6.07) is 10.0. The molecule has 1 saturated carbocycles. The van der Waals surface area contributed by atoms with Gasteiger partial charge in [-0.15, -0.1) is 0 Å². The normalized spacial score (nSPS) is 14.4. The zero-order valence-electron chi connectivity index (χ0n) is 14.8. The van der Waals surface area contributed by atoms with Crippen molar-refractivity contribution in [3.63, 3.8) is 0 Å². The summed E-state index contributed by atoms with van der Waals surface area (Å²) in [5, 5.41) is 5.73. The number of aryl methyl sites for hydroxylation is 1. The molecule has 1 aliphatic carbocycles. The Morgan fingerprint density at radius 2 is 2.04 bits per heavy atom. The number of pyridine rings is 1. The molecular weight excluding hydrogens is 332 g/mol. The zero-order valence-corrected chi connectivity index (χ0v) is 14.8. The maximum atomic E-state index is 12.5. The van der Waals surface area contributed by atoms with Crippen molar-refractivity contribution in [2.45, 2.75) is 25.8 Å². The van der Waals surface area contributed by atoms with Gasteiger partial charge in [0.25, 0.3) is 5.91 Å². The van der Waals surface area contributed by atoms with Gasteiger partial charge in [0.1, 0.15) is 5.75 Å². The van der Waals surface area contributed by atoms with Crippen molar-refractivity contribution < 1.29 is 14.3 Å². The number of methoxy groups -OCH3 is 1. The molecular formula is C19H22N4O3. The summed E-state index contributed by atoms with van der Waals surface area (Å²) in [6.45, 7) is 1.93. The lowest BCUT2D eigenvalue weighted by atomic mass is 10.1. The van der Waals surface area contributed by atoms with Crippen molar-refractivity contribution in [2.75, 3.05) is 12.4 Å². The number of amides is 3. The molecule has 1 atom stereocenters. The van der Waals surface area contributed by atoms with Gasteiger partial charge < -0.3 is 21.1 Å². The molecule has 1 aromatic heterocycles. The topological polar surface area (TPSA) is 106 Å². The second kappa shape index (κ2) is 7.43. The van der Waals surface area contributed by atoms with Crippen molar-refractivity contribution in [3.05, 3.63) is 53.3 Å². The quantitative estimate of drug-likeness (QED) is 0.741. The minimum Gasteiger partial charge on any atom is -0.496 e. The molecule has 0 unspecified atom stereocenters. The van der Waals surface area contributed by atoms with Crippen LogP contribution in [0.5, 0.6) is 5.75 Å². The van der Waals surface area contributed by atoms with E-state index in [2.05, 4.69) is 15.6 Å². The van der Waals surface area contributed by atoms with E-state index in [1.54, 1.807) is 12.1 Å². The molecule has 0 aliphatic heterocycles. The Balaban J connectivity index is 1.73. The summed E-state index contributed by atoms with van der Waals surface area (Å²) in [5.74, 6) is 0.140. The lowest BCUT2D eigenvalue weighted by Gasteiger charge is -2.19. The van der Waals surface area contributed by atoms with Crippen LogP contribution in [-0.2, 0) is 0 Å². The number of nitrogens with two attached hydrogens (primary N) is 1. The molecule has 136 valence electrons. The molecule has 0 radical (unpaired) electrons. The van der Waals surface area contributed by atoms with Gasteiger partial charge in [-0.3, -0.25) is 9.78 Å². The standard InChI is InChI=1S/C19H22N4O3/c1-11-4-3-5-15(21-11)17(12-6-7-12)23-19(25)22-13-8-9-16(26-2)14(10-13)18(20)24/h3-5,8-10,12,17H,6-7H2,1-2H3,(H2,20,24)(H2,22,23,25)/t17-/m0/s1. The van der Waals surface area contributed by atoms with Gasteiger partial charge in [-0.25, -0.2) is 4.79 Å². The molecule has 0 bridgehead atoms. The van der Waals surface area contributed by atoms with Gasteiger partial charge in [0.15, 0.2) is 0 Å². The molecule has 3 rings (SSSR count). The second-order valence-electron chi connectivity index (χ2n) is 6.40. The predicted octanol–water partition coefficient (Wildman–Crippen LogP) is 2.77. The number of carbonyl (C=O) groups excluding carboxylic acids is 2. The van der Waals surface area contributed by atoms with Crippen LogP contribution in [0, 0.1) is 12.8 Å². The first-order chi connectivity index (χ1) is 12.5. The van der Waals surface area contributed by atoms with Crippen LogP contribution in [0.3, 0.4) is 0 Å². The Bertz CT molecular complexity index is 833. The highest BCUT2D eigenvalue weighted by atomic mass is 16.5. The number of nitrogens with zero attached hydrogens (tertiary/aromatic N) is 1. The van der Waals surface area contributed by atoms with Crippen LogP contribution in [0.15, 0.2) is 36.4 Å². The molecule has 7 heteroatoms. The minimum atomic E-state index is -0.620. The highest BCUT2D eigenvalue weighted by Crippen LogP contribution is 2.40. The Morgan fingerprint density at radius 1 is 1.27 bits per heavy atom. The number of carbonyl (C=O) groups is 2. The summed E-state index contributed by atoms with van der Waals surface area (Å²) >= 11 is 0.